The molecule has 1 atom stereocenters. The Morgan fingerprint density at radius 3 is 2.80 bits per heavy atom. The lowest BCUT2D eigenvalue weighted by Gasteiger charge is -2.35. The molecule has 2 aliphatic heterocycles. The van der Waals surface area contributed by atoms with Crippen LogP contribution in [0.15, 0.2) is 48.9 Å². The van der Waals surface area contributed by atoms with Gasteiger partial charge in [0.05, 0.1) is 17.6 Å². The minimum absolute atomic E-state index is 0.0609. The lowest BCUT2D eigenvalue weighted by atomic mass is 9.99. The summed E-state index contributed by atoms with van der Waals surface area (Å²) in [6.07, 6.45) is 11.3. The first kappa shape index (κ1) is 18.5. The zero-order chi connectivity index (χ0) is 20.7. The van der Waals surface area contributed by atoms with Gasteiger partial charge in [0.15, 0.2) is 0 Å². The Bertz CT molecular complexity index is 1190. The van der Waals surface area contributed by atoms with Crippen LogP contribution >= 0.6 is 0 Å². The van der Waals surface area contributed by atoms with Crippen LogP contribution in [0.25, 0.3) is 16.8 Å². The van der Waals surface area contributed by atoms with Crippen molar-refractivity contribution in [2.24, 2.45) is 0 Å². The number of rotatable bonds is 2. The van der Waals surface area contributed by atoms with Gasteiger partial charge in [0, 0.05) is 66.7 Å². The van der Waals surface area contributed by atoms with Crippen LogP contribution in [0.1, 0.15) is 23.0 Å². The molecule has 5 nitrogen and oxygen atoms in total. The Kier molecular flexibility index (Phi) is 4.53. The van der Waals surface area contributed by atoms with E-state index in [4.69, 9.17) is 6.42 Å². The molecule has 0 aliphatic carbocycles. The van der Waals surface area contributed by atoms with Crippen LogP contribution < -0.4 is 15.1 Å². The smallest absolute Gasteiger partial charge is 0.204 e. The Hall–Kier alpha value is -3.56. The molecule has 0 amide bonds. The van der Waals surface area contributed by atoms with Crippen molar-refractivity contribution in [3.8, 4) is 18.1 Å². The molecule has 1 saturated heterocycles. The van der Waals surface area contributed by atoms with Crippen LogP contribution in [0.5, 0.6) is 5.75 Å². The average molecular weight is 400 g/mol. The van der Waals surface area contributed by atoms with Crippen molar-refractivity contribution in [1.29, 1.82) is 0 Å². The van der Waals surface area contributed by atoms with Crippen LogP contribution in [-0.2, 0) is 0 Å². The zero-order valence-electron chi connectivity index (χ0n) is 16.3. The lowest BCUT2D eigenvalue weighted by Crippen LogP contribution is -2.44. The Labute approximate surface area is 174 Å². The molecule has 1 aromatic heterocycles. The molecule has 6 heteroatoms. The summed E-state index contributed by atoms with van der Waals surface area (Å²) in [7, 11) is 0. The van der Waals surface area contributed by atoms with Crippen molar-refractivity contribution in [1.82, 2.24) is 10.3 Å². The number of fused-ring (bicyclic) bond motifs is 2. The molecule has 5 rings (SSSR count). The molecule has 2 N–H and O–H groups in total. The summed E-state index contributed by atoms with van der Waals surface area (Å²) in [6, 6.07) is 8.70. The number of hydrogen-bond donors (Lipinski definition) is 2. The van der Waals surface area contributed by atoms with Gasteiger partial charge in [-0.15, -0.1) is 6.42 Å². The maximum atomic E-state index is 15.8. The number of halogens is 1. The maximum absolute atomic E-state index is 15.8. The van der Waals surface area contributed by atoms with Crippen molar-refractivity contribution in [3.05, 3.63) is 65.6 Å². The van der Waals surface area contributed by atoms with Crippen molar-refractivity contribution in [2.75, 3.05) is 36.0 Å². The van der Waals surface area contributed by atoms with Gasteiger partial charge in [0.1, 0.15) is 5.75 Å². The average Bonchev–Trinajstić information content (AvgIpc) is 2.78. The highest BCUT2D eigenvalue weighted by molar-refractivity contribution is 6.00. The highest BCUT2D eigenvalue weighted by Gasteiger charge is 2.29. The summed E-state index contributed by atoms with van der Waals surface area (Å²) in [6.45, 7) is 3.50. The number of alkyl halides is 1. The molecule has 150 valence electrons. The van der Waals surface area contributed by atoms with E-state index < -0.39 is 6.30 Å². The van der Waals surface area contributed by atoms with Crippen LogP contribution in [-0.4, -0.2) is 36.3 Å². The highest BCUT2D eigenvalue weighted by Crippen LogP contribution is 2.43. The van der Waals surface area contributed by atoms with Crippen LogP contribution in [0.4, 0.5) is 15.8 Å². The van der Waals surface area contributed by atoms with E-state index in [0.29, 0.717) is 16.8 Å². The first-order valence-corrected chi connectivity index (χ1v) is 9.94. The lowest BCUT2D eigenvalue weighted by molar-refractivity contribution is 0.345. The largest absolute Gasteiger partial charge is 0.508 e. The Morgan fingerprint density at radius 2 is 2.00 bits per heavy atom. The van der Waals surface area contributed by atoms with Gasteiger partial charge in [-0.05, 0) is 23.6 Å². The zero-order valence-corrected chi connectivity index (χ0v) is 16.3. The van der Waals surface area contributed by atoms with Crippen molar-refractivity contribution in [3.63, 3.8) is 0 Å². The van der Waals surface area contributed by atoms with Gasteiger partial charge in [-0.25, -0.2) is 4.39 Å². The number of terminal acetylenes is 1. The number of nitrogens with zero attached hydrogens (tertiary/aromatic N) is 3. The molecular weight excluding hydrogens is 379 g/mol. The molecule has 30 heavy (non-hydrogen) atoms. The number of aromatic hydroxyl groups is 1. The third-order valence-electron chi connectivity index (χ3n) is 5.73. The van der Waals surface area contributed by atoms with Crippen LogP contribution in [0.3, 0.4) is 0 Å². The van der Waals surface area contributed by atoms with Gasteiger partial charge >= 0.3 is 0 Å². The summed E-state index contributed by atoms with van der Waals surface area (Å²) in [5.74, 6) is 2.74. The molecule has 3 heterocycles. The number of nitrogens with one attached hydrogen (secondary N) is 1. The van der Waals surface area contributed by atoms with E-state index in [-0.39, 0.29) is 5.75 Å². The quantitative estimate of drug-likeness (QED) is 0.506. The molecule has 1 fully saturated rings. The molecule has 3 aromatic rings. The Morgan fingerprint density at radius 1 is 1.17 bits per heavy atom. The topological polar surface area (TPSA) is 51.6 Å². The number of pyridine rings is 1. The summed E-state index contributed by atoms with van der Waals surface area (Å²) in [5.41, 5.74) is 3.47. The third kappa shape index (κ3) is 2.95. The van der Waals surface area contributed by atoms with E-state index in [1.54, 1.807) is 30.7 Å². The minimum Gasteiger partial charge on any atom is -0.508 e. The van der Waals surface area contributed by atoms with Crippen molar-refractivity contribution < 1.29 is 9.50 Å². The molecule has 0 radical (unpaired) electrons. The minimum atomic E-state index is -1.45. The Balaban J connectivity index is 1.63. The monoisotopic (exact) mass is 400 g/mol. The normalized spacial score (nSPS) is 18.3. The second-order valence-corrected chi connectivity index (χ2v) is 7.47. The van der Waals surface area contributed by atoms with Gasteiger partial charge in [0.25, 0.3) is 0 Å². The standard InChI is InChI=1S/C24H21FN4O/c1-2-16-4-3-5-17-12-18(30)13-21(23(16)17)29-9-6-19-20(24(29)25)14-27-15-22(19)28-10-7-26-8-11-28/h1,3-6,9,12-15,24,26,30H,7-8,10-11H2. The van der Waals surface area contributed by atoms with E-state index in [2.05, 4.69) is 21.1 Å². The van der Waals surface area contributed by atoms with Gasteiger partial charge in [-0.3, -0.25) is 4.98 Å². The number of phenolic OH excluding ortho intramolecular Hbond substituents is 1. The fraction of sp³-hybridized carbons (Fsp3) is 0.208. The number of piperazine rings is 1. The SMILES string of the molecule is C#Cc1cccc2cc(O)cc(N3C=Cc4c(cncc4N4CCNCC4)C3F)c12. The van der Waals surface area contributed by atoms with Crippen molar-refractivity contribution in [2.45, 2.75) is 6.30 Å². The van der Waals surface area contributed by atoms with Gasteiger partial charge < -0.3 is 20.2 Å². The molecule has 0 saturated carbocycles. The van der Waals surface area contributed by atoms with E-state index in [0.717, 1.165) is 48.2 Å². The summed E-state index contributed by atoms with van der Waals surface area (Å²) >= 11 is 0. The number of phenols is 1. The summed E-state index contributed by atoms with van der Waals surface area (Å²) in [5, 5.41) is 15.1. The molecule has 0 bridgehead atoms. The molecule has 0 spiro atoms. The predicted molar refractivity (Wildman–Crippen MR) is 118 cm³/mol. The summed E-state index contributed by atoms with van der Waals surface area (Å²) < 4.78 is 15.8. The van der Waals surface area contributed by atoms with Gasteiger partial charge in [-0.2, -0.15) is 0 Å². The first-order valence-electron chi connectivity index (χ1n) is 9.94. The number of aromatic nitrogens is 1. The van der Waals surface area contributed by atoms with E-state index in [1.807, 2.05) is 24.3 Å². The molecule has 2 aromatic carbocycles. The van der Waals surface area contributed by atoms with Crippen molar-refractivity contribution >= 4 is 28.2 Å². The second kappa shape index (κ2) is 7.36. The highest BCUT2D eigenvalue weighted by atomic mass is 19.1. The summed E-state index contributed by atoms with van der Waals surface area (Å²) in [4.78, 5) is 8.06. The predicted octanol–water partition coefficient (Wildman–Crippen LogP) is 3.79. The maximum Gasteiger partial charge on any atom is 0.204 e. The fourth-order valence-electron chi connectivity index (χ4n) is 4.30. The number of benzene rings is 2. The van der Waals surface area contributed by atoms with Gasteiger partial charge in [0.2, 0.25) is 6.30 Å². The second-order valence-electron chi connectivity index (χ2n) is 7.47. The number of anilines is 2. The molecule has 1 unspecified atom stereocenters. The first-order chi connectivity index (χ1) is 14.7. The van der Waals surface area contributed by atoms with Crippen LogP contribution in [0.2, 0.25) is 0 Å². The number of hydrogen-bond acceptors (Lipinski definition) is 5. The van der Waals surface area contributed by atoms with E-state index >= 15 is 4.39 Å². The molecular formula is C24H21FN4O. The third-order valence-corrected chi connectivity index (χ3v) is 5.73. The van der Waals surface area contributed by atoms with Crippen LogP contribution in [0, 0.1) is 12.3 Å². The molecule has 2 aliphatic rings. The van der Waals surface area contributed by atoms with E-state index in [1.165, 1.54) is 4.90 Å². The fourth-order valence-corrected chi connectivity index (χ4v) is 4.30. The van der Waals surface area contributed by atoms with E-state index in [9.17, 15) is 5.11 Å². The van der Waals surface area contributed by atoms with Gasteiger partial charge in [-0.1, -0.05) is 18.1 Å².